The van der Waals surface area contributed by atoms with E-state index in [4.69, 9.17) is 0 Å². The van der Waals surface area contributed by atoms with E-state index < -0.39 is 6.10 Å². The van der Waals surface area contributed by atoms with Gasteiger partial charge in [-0.1, -0.05) is 13.8 Å². The van der Waals surface area contributed by atoms with Crippen molar-refractivity contribution in [2.24, 2.45) is 11.8 Å². The first-order chi connectivity index (χ1) is 8.49. The van der Waals surface area contributed by atoms with Gasteiger partial charge in [0, 0.05) is 18.8 Å². The molecule has 3 unspecified atom stereocenters. The largest absolute Gasteiger partial charge is 0.389 e. The number of aliphatic hydroxyl groups is 1. The van der Waals surface area contributed by atoms with Crippen molar-refractivity contribution in [3.8, 4) is 0 Å². The predicted octanol–water partition coefficient (Wildman–Crippen LogP) is 3.01. The minimum atomic E-state index is -0.429. The van der Waals surface area contributed by atoms with Crippen molar-refractivity contribution in [3.63, 3.8) is 0 Å². The molecule has 1 fully saturated rings. The third kappa shape index (κ3) is 2.66. The standard InChI is InChI=1S/C15H24N2O/c1-10-7-11(2)12(3)17(9-10)15-8-14(13(4)18)5-6-16-15/h5-6,8,10-13,18H,7,9H2,1-4H3/t10?,11?,12?,13-/m0/s1. The molecule has 100 valence electrons. The highest BCUT2D eigenvalue weighted by Crippen LogP contribution is 2.31. The van der Waals surface area contributed by atoms with E-state index in [0.717, 1.165) is 17.9 Å². The molecular weight excluding hydrogens is 224 g/mol. The van der Waals surface area contributed by atoms with Crippen LogP contribution in [0.3, 0.4) is 0 Å². The first kappa shape index (κ1) is 13.3. The first-order valence-corrected chi connectivity index (χ1v) is 6.89. The summed E-state index contributed by atoms with van der Waals surface area (Å²) in [6.07, 6.45) is 2.66. The smallest absolute Gasteiger partial charge is 0.129 e. The molecule has 0 spiro atoms. The minimum absolute atomic E-state index is 0.429. The molecule has 0 bridgehead atoms. The zero-order valence-electron chi connectivity index (χ0n) is 11.8. The van der Waals surface area contributed by atoms with Crippen molar-refractivity contribution < 1.29 is 5.11 Å². The van der Waals surface area contributed by atoms with Gasteiger partial charge in [-0.3, -0.25) is 0 Å². The van der Waals surface area contributed by atoms with Crippen molar-refractivity contribution in [3.05, 3.63) is 23.9 Å². The summed E-state index contributed by atoms with van der Waals surface area (Å²) in [5, 5.41) is 9.67. The van der Waals surface area contributed by atoms with Crippen LogP contribution in [0.15, 0.2) is 18.3 Å². The normalized spacial score (nSPS) is 30.3. The van der Waals surface area contributed by atoms with Crippen molar-refractivity contribution in [2.45, 2.75) is 46.3 Å². The molecule has 2 heterocycles. The summed E-state index contributed by atoms with van der Waals surface area (Å²) in [6, 6.07) is 4.42. The molecule has 3 nitrogen and oxygen atoms in total. The van der Waals surface area contributed by atoms with Crippen LogP contribution in [0.1, 0.15) is 45.8 Å². The van der Waals surface area contributed by atoms with Gasteiger partial charge in [0.05, 0.1) is 6.10 Å². The summed E-state index contributed by atoms with van der Waals surface area (Å²) in [4.78, 5) is 6.86. The van der Waals surface area contributed by atoms with E-state index in [9.17, 15) is 5.11 Å². The number of nitrogens with zero attached hydrogens (tertiary/aromatic N) is 2. The lowest BCUT2D eigenvalue weighted by atomic mass is 9.86. The first-order valence-electron chi connectivity index (χ1n) is 6.89. The van der Waals surface area contributed by atoms with Gasteiger partial charge in [0.15, 0.2) is 0 Å². The third-order valence-corrected chi connectivity index (χ3v) is 4.14. The van der Waals surface area contributed by atoms with Gasteiger partial charge in [-0.2, -0.15) is 0 Å². The number of piperidine rings is 1. The fourth-order valence-corrected chi connectivity index (χ4v) is 2.87. The Labute approximate surface area is 110 Å². The van der Waals surface area contributed by atoms with Crippen LogP contribution in [-0.2, 0) is 0 Å². The summed E-state index contributed by atoms with van der Waals surface area (Å²) in [5.41, 5.74) is 0.943. The average molecular weight is 248 g/mol. The third-order valence-electron chi connectivity index (χ3n) is 4.14. The van der Waals surface area contributed by atoms with Crippen LogP contribution in [0.2, 0.25) is 0 Å². The second-order valence-electron chi connectivity index (χ2n) is 5.83. The van der Waals surface area contributed by atoms with E-state index in [0.29, 0.717) is 17.9 Å². The van der Waals surface area contributed by atoms with Gasteiger partial charge < -0.3 is 10.0 Å². The lowest BCUT2D eigenvalue weighted by Gasteiger charge is -2.42. The molecule has 1 aliphatic rings. The van der Waals surface area contributed by atoms with Gasteiger partial charge >= 0.3 is 0 Å². The molecule has 0 aromatic carbocycles. The summed E-state index contributed by atoms with van der Waals surface area (Å²) in [6.45, 7) is 9.73. The molecule has 0 radical (unpaired) electrons. The number of aliphatic hydroxyl groups excluding tert-OH is 1. The van der Waals surface area contributed by atoms with Gasteiger partial charge in [-0.05, 0) is 49.8 Å². The molecule has 1 aromatic rings. The zero-order chi connectivity index (χ0) is 13.3. The summed E-state index contributed by atoms with van der Waals surface area (Å²) in [7, 11) is 0. The van der Waals surface area contributed by atoms with E-state index in [2.05, 4.69) is 30.7 Å². The Kier molecular flexibility index (Phi) is 3.91. The molecular formula is C15H24N2O. The van der Waals surface area contributed by atoms with E-state index in [1.807, 2.05) is 12.1 Å². The number of rotatable bonds is 2. The Bertz CT molecular complexity index is 405. The molecule has 0 saturated carbocycles. The summed E-state index contributed by atoms with van der Waals surface area (Å²) >= 11 is 0. The van der Waals surface area contributed by atoms with E-state index in [1.54, 1.807) is 13.1 Å². The second-order valence-corrected chi connectivity index (χ2v) is 5.83. The molecule has 0 aliphatic carbocycles. The number of anilines is 1. The minimum Gasteiger partial charge on any atom is -0.389 e. The Morgan fingerprint density at radius 3 is 2.78 bits per heavy atom. The average Bonchev–Trinajstić information content (AvgIpc) is 2.34. The van der Waals surface area contributed by atoms with Gasteiger partial charge in [0.2, 0.25) is 0 Å². The lowest BCUT2D eigenvalue weighted by molar-refractivity contribution is 0.199. The van der Waals surface area contributed by atoms with E-state index >= 15 is 0 Å². The zero-order valence-corrected chi connectivity index (χ0v) is 11.8. The maximum absolute atomic E-state index is 9.67. The summed E-state index contributed by atoms with van der Waals surface area (Å²) < 4.78 is 0. The maximum Gasteiger partial charge on any atom is 0.129 e. The van der Waals surface area contributed by atoms with Crippen LogP contribution < -0.4 is 4.90 Å². The Morgan fingerprint density at radius 1 is 1.39 bits per heavy atom. The Balaban J connectivity index is 2.26. The predicted molar refractivity (Wildman–Crippen MR) is 74.6 cm³/mol. The van der Waals surface area contributed by atoms with Crippen LogP contribution in [-0.4, -0.2) is 22.7 Å². The van der Waals surface area contributed by atoms with Gasteiger partial charge in [-0.15, -0.1) is 0 Å². The fraction of sp³-hybridized carbons (Fsp3) is 0.667. The number of aromatic nitrogens is 1. The Hall–Kier alpha value is -1.09. The highest BCUT2D eigenvalue weighted by molar-refractivity contribution is 5.43. The SMILES string of the molecule is CC1CC(C)C(C)N(c2cc([C@H](C)O)ccn2)C1. The molecule has 0 amide bonds. The topological polar surface area (TPSA) is 36.4 Å². The number of hydrogen-bond acceptors (Lipinski definition) is 3. The molecule has 18 heavy (non-hydrogen) atoms. The molecule has 4 atom stereocenters. The quantitative estimate of drug-likeness (QED) is 0.874. The molecule has 2 rings (SSSR count). The van der Waals surface area contributed by atoms with E-state index in [-0.39, 0.29) is 0 Å². The van der Waals surface area contributed by atoms with Gasteiger partial charge in [0.1, 0.15) is 5.82 Å². The molecule has 1 saturated heterocycles. The maximum atomic E-state index is 9.67. The van der Waals surface area contributed by atoms with Crippen LogP contribution in [0.5, 0.6) is 0 Å². The molecule has 1 N–H and O–H groups in total. The van der Waals surface area contributed by atoms with Crippen molar-refractivity contribution in [1.82, 2.24) is 4.98 Å². The fourth-order valence-electron chi connectivity index (χ4n) is 2.87. The highest BCUT2D eigenvalue weighted by Gasteiger charge is 2.29. The number of pyridine rings is 1. The van der Waals surface area contributed by atoms with Crippen LogP contribution in [0.25, 0.3) is 0 Å². The summed E-state index contributed by atoms with van der Waals surface area (Å²) in [5.74, 6) is 2.39. The van der Waals surface area contributed by atoms with Crippen LogP contribution in [0.4, 0.5) is 5.82 Å². The second kappa shape index (κ2) is 5.27. The van der Waals surface area contributed by atoms with E-state index in [1.165, 1.54) is 6.42 Å². The van der Waals surface area contributed by atoms with Gasteiger partial charge in [0.25, 0.3) is 0 Å². The molecule has 3 heteroatoms. The van der Waals surface area contributed by atoms with Crippen LogP contribution in [0, 0.1) is 11.8 Å². The highest BCUT2D eigenvalue weighted by atomic mass is 16.3. The van der Waals surface area contributed by atoms with Crippen molar-refractivity contribution in [1.29, 1.82) is 0 Å². The van der Waals surface area contributed by atoms with Crippen molar-refractivity contribution >= 4 is 5.82 Å². The molecule has 1 aliphatic heterocycles. The number of hydrogen-bond donors (Lipinski definition) is 1. The monoisotopic (exact) mass is 248 g/mol. The van der Waals surface area contributed by atoms with Gasteiger partial charge in [-0.25, -0.2) is 4.98 Å². The Morgan fingerprint density at radius 2 is 2.11 bits per heavy atom. The lowest BCUT2D eigenvalue weighted by Crippen LogP contribution is -2.46. The van der Waals surface area contributed by atoms with Crippen LogP contribution >= 0.6 is 0 Å². The molecule has 1 aromatic heterocycles. The van der Waals surface area contributed by atoms with Crippen molar-refractivity contribution in [2.75, 3.05) is 11.4 Å².